The summed E-state index contributed by atoms with van der Waals surface area (Å²) in [6.45, 7) is 5.37. The zero-order valence-electron chi connectivity index (χ0n) is 20.5. The predicted octanol–water partition coefficient (Wildman–Crippen LogP) is 2.61. The number of hydrogen-bond donors (Lipinski definition) is 5. The first-order valence-corrected chi connectivity index (χ1v) is 11.3. The van der Waals surface area contributed by atoms with E-state index in [1.54, 1.807) is 0 Å². The number of carboxylic acid groups (broad SMARTS) is 2. The van der Waals surface area contributed by atoms with Crippen molar-refractivity contribution in [1.29, 1.82) is 0 Å². The number of aliphatic carboxylic acids is 2. The fourth-order valence-corrected chi connectivity index (χ4v) is 2.76. The molecule has 0 radical (unpaired) electrons. The molecule has 0 amide bonds. The number of aromatic nitrogens is 2. The summed E-state index contributed by atoms with van der Waals surface area (Å²) in [4.78, 5) is 24.3. The highest BCUT2D eigenvalue weighted by molar-refractivity contribution is 6.31. The average Bonchev–Trinajstić information content (AvgIpc) is 3.36. The van der Waals surface area contributed by atoms with Crippen molar-refractivity contribution < 1.29 is 65.1 Å². The number of aliphatic imine (C=N–C) groups is 1. The highest BCUT2D eigenvalue weighted by Crippen LogP contribution is 2.22. The van der Waals surface area contributed by atoms with E-state index in [2.05, 4.69) is 25.5 Å². The third-order valence-electron chi connectivity index (χ3n) is 4.52. The molecule has 1 saturated heterocycles. The van der Waals surface area contributed by atoms with E-state index in [-0.39, 0.29) is 16.6 Å². The number of halogens is 8. The Morgan fingerprint density at radius 3 is 2.10 bits per heavy atom. The molecule has 0 saturated carbocycles. The first kappa shape index (κ1) is 35.4. The Morgan fingerprint density at radius 2 is 1.61 bits per heavy atom. The van der Waals surface area contributed by atoms with Crippen molar-refractivity contribution >= 4 is 35.1 Å². The second-order valence-electron chi connectivity index (χ2n) is 7.47. The number of amidine groups is 1. The van der Waals surface area contributed by atoms with E-state index >= 15 is 0 Å². The summed E-state index contributed by atoms with van der Waals surface area (Å²) >= 11 is 5.75. The van der Waals surface area contributed by atoms with E-state index in [1.165, 1.54) is 18.2 Å². The van der Waals surface area contributed by atoms with Gasteiger partial charge in [0.1, 0.15) is 11.5 Å². The predicted molar refractivity (Wildman–Crippen MR) is 123 cm³/mol. The highest BCUT2D eigenvalue weighted by atomic mass is 35.5. The molecule has 230 valence electrons. The minimum absolute atomic E-state index is 0.0175. The van der Waals surface area contributed by atoms with Crippen LogP contribution >= 0.6 is 11.6 Å². The molecular formula is C20H22ClF7N6O7. The van der Waals surface area contributed by atoms with Gasteiger partial charge in [0.05, 0.1) is 23.9 Å². The zero-order valence-corrected chi connectivity index (χ0v) is 21.2. The number of nitrogens with zero attached hydrogens (tertiary/aromatic N) is 4. The Kier molecular flexibility index (Phi) is 14.4. The molecule has 1 aliphatic heterocycles. The Morgan fingerprint density at radius 1 is 1.05 bits per heavy atom. The first-order valence-electron chi connectivity index (χ1n) is 10.9. The summed E-state index contributed by atoms with van der Waals surface area (Å²) in [5.41, 5.74) is 3.03. The van der Waals surface area contributed by atoms with Crippen molar-refractivity contribution in [3.05, 3.63) is 40.4 Å². The molecule has 3 rings (SSSR count). The van der Waals surface area contributed by atoms with E-state index in [1.807, 2.05) is 5.48 Å². The largest absolute Gasteiger partial charge is 0.490 e. The summed E-state index contributed by atoms with van der Waals surface area (Å²) in [6, 6.07) is 3.94. The number of morpholine rings is 1. The Bertz CT molecular complexity index is 1130. The maximum Gasteiger partial charge on any atom is 0.490 e. The lowest BCUT2D eigenvalue weighted by Gasteiger charge is -2.26. The summed E-state index contributed by atoms with van der Waals surface area (Å²) < 4.78 is 86.8. The summed E-state index contributed by atoms with van der Waals surface area (Å²) in [5, 5.41) is 34.5. The Labute approximate surface area is 230 Å². The number of hydrogen-bond acceptors (Lipinski definition) is 10. The average molecular weight is 627 g/mol. The van der Waals surface area contributed by atoms with Crippen molar-refractivity contribution in [3.8, 4) is 0 Å². The molecule has 0 unspecified atom stereocenters. The fourth-order valence-electron chi connectivity index (χ4n) is 2.59. The fraction of sp³-hybridized carbons (Fsp3) is 0.450. The molecule has 5 N–H and O–H groups in total. The minimum Gasteiger partial charge on any atom is -0.475 e. The lowest BCUT2D eigenvalue weighted by atomic mass is 10.2. The first-order chi connectivity index (χ1) is 19.1. The van der Waals surface area contributed by atoms with Crippen molar-refractivity contribution in [2.45, 2.75) is 18.9 Å². The smallest absolute Gasteiger partial charge is 0.475 e. The van der Waals surface area contributed by atoms with E-state index in [0.717, 1.165) is 39.4 Å². The SMILES string of the molecule is O=C(O)C(F)(F)F.O=C(O)C(F)(F)F.ONC(=Nc1ccc(F)c(Cl)c1)c1nonc1CNCCN1CCOCC1. The molecule has 0 bridgehead atoms. The standard InChI is InChI=1S/C16H20ClFN6O3.2C2HF3O2/c17-12-9-11(1-2-13(12)18)20-16(21-25)15-14(22-27-23-15)10-19-3-4-24-5-7-26-8-6-24;2*3-2(4,5)1(6)7/h1-2,9,19,25H,3-8,10H2,(H,20,21);2*(H,6,7). The van der Waals surface area contributed by atoms with Crippen LogP contribution in [-0.2, 0) is 20.9 Å². The van der Waals surface area contributed by atoms with Crippen LogP contribution in [0.1, 0.15) is 11.4 Å². The number of benzene rings is 1. The third-order valence-corrected chi connectivity index (χ3v) is 4.81. The molecule has 0 atom stereocenters. The Hall–Kier alpha value is -3.59. The summed E-state index contributed by atoms with van der Waals surface area (Å²) in [5.74, 6) is -6.05. The topological polar surface area (TPSA) is 183 Å². The van der Waals surface area contributed by atoms with Crippen LogP contribution in [0.4, 0.5) is 36.4 Å². The maximum absolute atomic E-state index is 13.3. The van der Waals surface area contributed by atoms with Gasteiger partial charge >= 0.3 is 24.3 Å². The van der Waals surface area contributed by atoms with E-state index in [4.69, 9.17) is 40.8 Å². The van der Waals surface area contributed by atoms with Gasteiger partial charge in [-0.2, -0.15) is 26.3 Å². The van der Waals surface area contributed by atoms with Gasteiger partial charge in [0.25, 0.3) is 0 Å². The second-order valence-corrected chi connectivity index (χ2v) is 7.87. The number of carbonyl (C=O) groups is 2. The van der Waals surface area contributed by atoms with Gasteiger partial charge in [-0.15, -0.1) is 0 Å². The number of alkyl halides is 6. The molecule has 41 heavy (non-hydrogen) atoms. The maximum atomic E-state index is 13.3. The van der Waals surface area contributed by atoms with Crippen LogP contribution in [0.25, 0.3) is 0 Å². The monoisotopic (exact) mass is 626 g/mol. The van der Waals surface area contributed by atoms with Crippen LogP contribution in [0.2, 0.25) is 5.02 Å². The normalized spacial score (nSPS) is 14.3. The third kappa shape index (κ3) is 13.5. The Balaban J connectivity index is 0.000000497. The van der Waals surface area contributed by atoms with Crippen LogP contribution in [-0.4, -0.2) is 100 Å². The van der Waals surface area contributed by atoms with E-state index in [0.29, 0.717) is 17.9 Å². The summed E-state index contributed by atoms with van der Waals surface area (Å²) in [7, 11) is 0. The molecule has 1 aromatic carbocycles. The molecule has 1 aromatic heterocycles. The second kappa shape index (κ2) is 16.6. The number of nitrogens with one attached hydrogen (secondary N) is 2. The van der Waals surface area contributed by atoms with Gasteiger partial charge in [-0.25, -0.2) is 23.6 Å². The van der Waals surface area contributed by atoms with Crippen LogP contribution in [0.15, 0.2) is 27.8 Å². The van der Waals surface area contributed by atoms with Gasteiger partial charge in [0.15, 0.2) is 11.5 Å². The van der Waals surface area contributed by atoms with E-state index in [9.17, 15) is 35.9 Å². The minimum atomic E-state index is -5.08. The quantitative estimate of drug-likeness (QED) is 0.0997. The number of rotatable bonds is 7. The van der Waals surface area contributed by atoms with Crippen molar-refractivity contribution in [2.75, 3.05) is 39.4 Å². The number of ether oxygens (including phenoxy) is 1. The molecule has 13 nitrogen and oxygen atoms in total. The molecule has 2 heterocycles. The van der Waals surface area contributed by atoms with Gasteiger partial charge in [-0.05, 0) is 23.4 Å². The summed E-state index contributed by atoms with van der Waals surface area (Å²) in [6.07, 6.45) is -10.2. The van der Waals surface area contributed by atoms with E-state index < -0.39 is 30.1 Å². The lowest BCUT2D eigenvalue weighted by molar-refractivity contribution is -0.193. The van der Waals surface area contributed by atoms with Gasteiger partial charge in [-0.3, -0.25) is 15.6 Å². The van der Waals surface area contributed by atoms with Gasteiger partial charge in [0, 0.05) is 32.7 Å². The molecule has 1 aliphatic rings. The molecule has 0 spiro atoms. The van der Waals surface area contributed by atoms with Crippen LogP contribution in [0.5, 0.6) is 0 Å². The van der Waals surface area contributed by atoms with Crippen LogP contribution in [0.3, 0.4) is 0 Å². The lowest BCUT2D eigenvalue weighted by Crippen LogP contribution is -2.40. The van der Waals surface area contributed by atoms with Crippen molar-refractivity contribution in [1.82, 2.24) is 26.0 Å². The van der Waals surface area contributed by atoms with Gasteiger partial charge < -0.3 is 20.3 Å². The zero-order chi connectivity index (χ0) is 31.2. The van der Waals surface area contributed by atoms with Crippen molar-refractivity contribution in [3.63, 3.8) is 0 Å². The highest BCUT2D eigenvalue weighted by Gasteiger charge is 2.38. The van der Waals surface area contributed by atoms with Crippen LogP contribution < -0.4 is 10.8 Å². The molecule has 2 aromatic rings. The number of carboxylic acids is 2. The van der Waals surface area contributed by atoms with Crippen molar-refractivity contribution in [2.24, 2.45) is 4.99 Å². The van der Waals surface area contributed by atoms with Gasteiger partial charge in [-0.1, -0.05) is 16.8 Å². The molecule has 21 heteroatoms. The van der Waals surface area contributed by atoms with Crippen LogP contribution in [0, 0.1) is 5.82 Å². The van der Waals surface area contributed by atoms with Gasteiger partial charge in [0.2, 0.25) is 0 Å². The molecule has 0 aliphatic carbocycles. The number of hydroxylamine groups is 1. The molecule has 1 fully saturated rings. The molecular weight excluding hydrogens is 605 g/mol.